The normalized spacial score (nSPS) is 20.8. The number of pyridine rings is 1. The Balaban J connectivity index is 2.40. The van der Waals surface area contributed by atoms with Crippen LogP contribution in [0.1, 0.15) is 6.92 Å². The summed E-state index contributed by atoms with van der Waals surface area (Å²) in [7, 11) is 0. The molecule has 0 radical (unpaired) electrons. The molecule has 1 aliphatic rings. The van der Waals surface area contributed by atoms with Gasteiger partial charge < -0.3 is 10.6 Å². The van der Waals surface area contributed by atoms with Crippen molar-refractivity contribution in [3.63, 3.8) is 0 Å². The molecular weight excluding hydrogens is 154 g/mol. The summed E-state index contributed by atoms with van der Waals surface area (Å²) in [6, 6.07) is 3.41. The van der Waals surface area contributed by atoms with Gasteiger partial charge in [-0.1, -0.05) is 0 Å². The first-order valence-corrected chi connectivity index (χ1v) is 3.80. The van der Waals surface area contributed by atoms with Crippen molar-refractivity contribution >= 4 is 17.4 Å². The molecule has 1 atom stereocenters. The predicted octanol–water partition coefficient (Wildman–Crippen LogP) is 0.834. The molecule has 2 rings (SSSR count). The third-order valence-corrected chi connectivity index (χ3v) is 1.81. The van der Waals surface area contributed by atoms with Crippen LogP contribution in [0, 0.1) is 0 Å². The molecule has 0 saturated carbocycles. The van der Waals surface area contributed by atoms with Crippen molar-refractivity contribution in [2.75, 3.05) is 10.6 Å². The van der Waals surface area contributed by atoms with Crippen molar-refractivity contribution in [1.29, 1.82) is 0 Å². The van der Waals surface area contributed by atoms with Gasteiger partial charge in [-0.15, -0.1) is 0 Å². The Kier molecular flexibility index (Phi) is 1.46. The molecule has 2 N–H and O–H groups in total. The monoisotopic (exact) mass is 163 g/mol. The number of anilines is 2. The van der Waals surface area contributed by atoms with Gasteiger partial charge in [0.25, 0.3) is 0 Å². The molecule has 0 aliphatic carbocycles. The lowest BCUT2D eigenvalue weighted by Gasteiger charge is -2.22. The number of nitrogens with one attached hydrogen (secondary N) is 2. The summed E-state index contributed by atoms with van der Waals surface area (Å²) in [6.45, 7) is 1.80. The van der Waals surface area contributed by atoms with E-state index in [0.717, 1.165) is 11.5 Å². The van der Waals surface area contributed by atoms with E-state index in [-0.39, 0.29) is 11.9 Å². The zero-order valence-corrected chi connectivity index (χ0v) is 6.66. The maximum Gasteiger partial charge on any atom is 0.246 e. The highest BCUT2D eigenvalue weighted by Gasteiger charge is 2.21. The van der Waals surface area contributed by atoms with Gasteiger partial charge in [-0.25, -0.2) is 4.98 Å². The number of amides is 1. The average molecular weight is 163 g/mol. The van der Waals surface area contributed by atoms with Gasteiger partial charge in [0.1, 0.15) is 11.9 Å². The fraction of sp³-hybridized carbons (Fsp3) is 0.250. The SMILES string of the molecule is C[C@@H]1Nc2ncccc2NC1=O. The van der Waals surface area contributed by atoms with E-state index in [4.69, 9.17) is 0 Å². The second-order valence-corrected chi connectivity index (χ2v) is 2.75. The second-order valence-electron chi connectivity index (χ2n) is 2.75. The summed E-state index contributed by atoms with van der Waals surface area (Å²) < 4.78 is 0. The van der Waals surface area contributed by atoms with Gasteiger partial charge in [0.15, 0.2) is 0 Å². The lowest BCUT2D eigenvalue weighted by Crippen LogP contribution is -2.36. The number of hydrogen-bond acceptors (Lipinski definition) is 3. The van der Waals surface area contributed by atoms with E-state index in [1.807, 2.05) is 6.07 Å². The molecule has 0 unspecified atom stereocenters. The Morgan fingerprint density at radius 2 is 2.42 bits per heavy atom. The fourth-order valence-corrected chi connectivity index (χ4v) is 1.13. The van der Waals surface area contributed by atoms with Crippen LogP contribution in [0.4, 0.5) is 11.5 Å². The first-order valence-electron chi connectivity index (χ1n) is 3.80. The van der Waals surface area contributed by atoms with Crippen LogP contribution in [0.2, 0.25) is 0 Å². The number of carbonyl (C=O) groups excluding carboxylic acids is 1. The molecule has 4 heteroatoms. The van der Waals surface area contributed by atoms with E-state index in [0.29, 0.717) is 0 Å². The van der Waals surface area contributed by atoms with Crippen LogP contribution in [-0.2, 0) is 4.79 Å². The molecular formula is C8H9N3O. The largest absolute Gasteiger partial charge is 0.357 e. The zero-order chi connectivity index (χ0) is 8.55. The lowest BCUT2D eigenvalue weighted by atomic mass is 10.2. The molecule has 0 bridgehead atoms. The van der Waals surface area contributed by atoms with Crippen molar-refractivity contribution in [2.24, 2.45) is 0 Å². The minimum atomic E-state index is -0.201. The molecule has 1 aromatic rings. The van der Waals surface area contributed by atoms with E-state index in [9.17, 15) is 4.79 Å². The minimum absolute atomic E-state index is 0.0181. The topological polar surface area (TPSA) is 54.0 Å². The molecule has 0 spiro atoms. The van der Waals surface area contributed by atoms with Gasteiger partial charge >= 0.3 is 0 Å². The van der Waals surface area contributed by atoms with Gasteiger partial charge in [0.2, 0.25) is 5.91 Å². The van der Waals surface area contributed by atoms with Crippen molar-refractivity contribution in [3.05, 3.63) is 18.3 Å². The molecule has 1 aromatic heterocycles. The Hall–Kier alpha value is -1.58. The van der Waals surface area contributed by atoms with E-state index in [1.54, 1.807) is 19.2 Å². The minimum Gasteiger partial charge on any atom is -0.357 e. The average Bonchev–Trinajstić information content (AvgIpc) is 2.07. The van der Waals surface area contributed by atoms with Crippen LogP contribution in [0.5, 0.6) is 0 Å². The van der Waals surface area contributed by atoms with Crippen LogP contribution in [0.3, 0.4) is 0 Å². The molecule has 2 heterocycles. The fourth-order valence-electron chi connectivity index (χ4n) is 1.13. The van der Waals surface area contributed by atoms with Gasteiger partial charge in [0, 0.05) is 6.20 Å². The molecule has 1 aliphatic heterocycles. The number of fused-ring (bicyclic) bond motifs is 1. The second kappa shape index (κ2) is 2.48. The van der Waals surface area contributed by atoms with Crippen molar-refractivity contribution in [2.45, 2.75) is 13.0 Å². The third kappa shape index (κ3) is 1.01. The van der Waals surface area contributed by atoms with E-state index in [1.165, 1.54) is 0 Å². The van der Waals surface area contributed by atoms with Crippen LogP contribution in [0.25, 0.3) is 0 Å². The first kappa shape index (κ1) is 7.09. The van der Waals surface area contributed by atoms with Gasteiger partial charge in [-0.2, -0.15) is 0 Å². The summed E-state index contributed by atoms with van der Waals surface area (Å²) in [6.07, 6.45) is 1.69. The summed E-state index contributed by atoms with van der Waals surface area (Å²) in [5, 5.41) is 5.73. The quantitative estimate of drug-likeness (QED) is 0.595. The summed E-state index contributed by atoms with van der Waals surface area (Å²) in [4.78, 5) is 15.2. The molecule has 0 fully saturated rings. The van der Waals surface area contributed by atoms with Gasteiger partial charge in [-0.3, -0.25) is 4.79 Å². The number of aromatic nitrogens is 1. The Bertz CT molecular complexity index is 324. The van der Waals surface area contributed by atoms with E-state index < -0.39 is 0 Å². The first-order chi connectivity index (χ1) is 5.77. The smallest absolute Gasteiger partial charge is 0.246 e. The molecule has 0 aromatic carbocycles. The van der Waals surface area contributed by atoms with Gasteiger partial charge in [0.05, 0.1) is 5.69 Å². The maximum absolute atomic E-state index is 11.2. The van der Waals surface area contributed by atoms with Crippen LogP contribution in [0.15, 0.2) is 18.3 Å². The van der Waals surface area contributed by atoms with Crippen LogP contribution in [-0.4, -0.2) is 16.9 Å². The number of nitrogens with zero attached hydrogens (tertiary/aromatic N) is 1. The Morgan fingerprint density at radius 3 is 3.25 bits per heavy atom. The molecule has 1 amide bonds. The van der Waals surface area contributed by atoms with E-state index in [2.05, 4.69) is 15.6 Å². The van der Waals surface area contributed by atoms with Crippen molar-refractivity contribution in [3.8, 4) is 0 Å². The standard InChI is InChI=1S/C8H9N3O/c1-5-8(12)11-6-3-2-4-9-7(6)10-5/h2-5H,1H3,(H,9,10)(H,11,12)/t5-/m0/s1. The summed E-state index contributed by atoms with van der Waals surface area (Å²) >= 11 is 0. The Morgan fingerprint density at radius 1 is 1.58 bits per heavy atom. The Labute approximate surface area is 70.0 Å². The van der Waals surface area contributed by atoms with Gasteiger partial charge in [-0.05, 0) is 19.1 Å². The third-order valence-electron chi connectivity index (χ3n) is 1.81. The molecule has 12 heavy (non-hydrogen) atoms. The van der Waals surface area contributed by atoms with E-state index >= 15 is 0 Å². The predicted molar refractivity (Wildman–Crippen MR) is 46.0 cm³/mol. The summed E-state index contributed by atoms with van der Waals surface area (Å²) in [5.74, 6) is 0.722. The van der Waals surface area contributed by atoms with Crippen LogP contribution >= 0.6 is 0 Å². The molecule has 62 valence electrons. The van der Waals surface area contributed by atoms with Crippen molar-refractivity contribution in [1.82, 2.24) is 4.98 Å². The number of hydrogen-bond donors (Lipinski definition) is 2. The zero-order valence-electron chi connectivity index (χ0n) is 6.66. The number of carbonyl (C=O) groups is 1. The van der Waals surface area contributed by atoms with Crippen molar-refractivity contribution < 1.29 is 4.79 Å². The maximum atomic E-state index is 11.2. The highest BCUT2D eigenvalue weighted by Crippen LogP contribution is 2.22. The molecule has 0 saturated heterocycles. The number of rotatable bonds is 0. The lowest BCUT2D eigenvalue weighted by molar-refractivity contribution is -0.116. The van der Waals surface area contributed by atoms with Crippen LogP contribution < -0.4 is 10.6 Å². The summed E-state index contributed by atoms with van der Waals surface area (Å²) in [5.41, 5.74) is 0.751. The highest BCUT2D eigenvalue weighted by atomic mass is 16.2. The molecule has 4 nitrogen and oxygen atoms in total. The highest BCUT2D eigenvalue weighted by molar-refractivity contribution is 6.01.